The lowest BCUT2D eigenvalue weighted by molar-refractivity contribution is -0.232. The van der Waals surface area contributed by atoms with Crippen LogP contribution in [0.15, 0.2) is 0 Å². The molecule has 2 aliphatic heterocycles. The number of alkyl halides is 2. The Labute approximate surface area is 111 Å². The summed E-state index contributed by atoms with van der Waals surface area (Å²) in [7, 11) is 1.63. The molecule has 0 aromatic carbocycles. The maximum absolute atomic E-state index is 5.93. The third-order valence-electron chi connectivity index (χ3n) is 3.39. The van der Waals surface area contributed by atoms with Gasteiger partial charge in [0.1, 0.15) is 21.0 Å². The average molecular weight is 358 g/mol. The molecule has 2 heterocycles. The molecule has 0 radical (unpaired) electrons. The number of rotatable bonds is 1. The van der Waals surface area contributed by atoms with Gasteiger partial charge in [-0.15, -0.1) is 0 Å². The molecular weight excluding hydrogens is 344 g/mol. The molecule has 0 bridgehead atoms. The predicted octanol–water partition coefficient (Wildman–Crippen LogP) is 2.14. The van der Waals surface area contributed by atoms with Crippen LogP contribution < -0.4 is 0 Å². The molecule has 4 atom stereocenters. The Morgan fingerprint density at radius 3 is 2.31 bits per heavy atom. The van der Waals surface area contributed by atoms with E-state index in [1.165, 1.54) is 0 Å². The Morgan fingerprint density at radius 2 is 1.81 bits per heavy atom. The van der Waals surface area contributed by atoms with Gasteiger partial charge in [0.2, 0.25) is 0 Å². The second-order valence-corrected chi connectivity index (χ2v) is 8.79. The van der Waals surface area contributed by atoms with E-state index in [0.717, 1.165) is 6.42 Å². The first-order valence-electron chi connectivity index (χ1n) is 5.25. The normalized spacial score (nSPS) is 51.9. The molecule has 1 aliphatic carbocycles. The van der Waals surface area contributed by atoms with Crippen molar-refractivity contribution in [2.45, 2.75) is 53.4 Å². The van der Waals surface area contributed by atoms with Crippen molar-refractivity contribution in [3.8, 4) is 0 Å². The second-order valence-electron chi connectivity index (χ2n) is 5.01. The van der Waals surface area contributed by atoms with Crippen LogP contribution in [0.1, 0.15) is 20.3 Å². The summed E-state index contributed by atoms with van der Waals surface area (Å²) in [4.78, 5) is 0. The SMILES string of the molecule is CO[C@@H]1O[C@]2(CC2(Br)Br)[C@@H]2OC(C)(C)OC12. The van der Waals surface area contributed by atoms with E-state index in [-0.39, 0.29) is 27.3 Å². The zero-order chi connectivity index (χ0) is 11.8. The van der Waals surface area contributed by atoms with Gasteiger partial charge in [-0.05, 0) is 13.8 Å². The molecule has 0 amide bonds. The van der Waals surface area contributed by atoms with Gasteiger partial charge in [0.25, 0.3) is 0 Å². The highest BCUT2D eigenvalue weighted by Crippen LogP contribution is 2.69. The van der Waals surface area contributed by atoms with Crippen LogP contribution in [-0.2, 0) is 18.9 Å². The molecule has 3 aliphatic rings. The molecule has 0 N–H and O–H groups in total. The molecule has 16 heavy (non-hydrogen) atoms. The average Bonchev–Trinajstić information content (AvgIpc) is 2.45. The Morgan fingerprint density at radius 1 is 1.19 bits per heavy atom. The van der Waals surface area contributed by atoms with Gasteiger partial charge in [0.15, 0.2) is 12.1 Å². The van der Waals surface area contributed by atoms with Gasteiger partial charge < -0.3 is 18.9 Å². The third-order valence-corrected chi connectivity index (χ3v) is 5.30. The van der Waals surface area contributed by atoms with Crippen molar-refractivity contribution in [3.05, 3.63) is 0 Å². The Balaban J connectivity index is 1.91. The van der Waals surface area contributed by atoms with Crippen LogP contribution in [-0.4, -0.2) is 40.2 Å². The van der Waals surface area contributed by atoms with E-state index in [4.69, 9.17) is 18.9 Å². The summed E-state index contributed by atoms with van der Waals surface area (Å²) >= 11 is 7.20. The predicted molar refractivity (Wildman–Crippen MR) is 63.6 cm³/mol. The van der Waals surface area contributed by atoms with Gasteiger partial charge in [-0.1, -0.05) is 31.9 Å². The zero-order valence-corrected chi connectivity index (χ0v) is 12.5. The lowest BCUT2D eigenvalue weighted by Gasteiger charge is -2.24. The summed E-state index contributed by atoms with van der Waals surface area (Å²) in [5, 5.41) is 0. The number of ether oxygens (including phenoxy) is 4. The Kier molecular flexibility index (Phi) is 2.39. The molecule has 1 unspecified atom stereocenters. The van der Waals surface area contributed by atoms with Crippen LogP contribution in [0.4, 0.5) is 0 Å². The van der Waals surface area contributed by atoms with E-state index < -0.39 is 5.79 Å². The monoisotopic (exact) mass is 356 g/mol. The fourth-order valence-corrected chi connectivity index (χ4v) is 4.07. The first-order valence-corrected chi connectivity index (χ1v) is 6.84. The van der Waals surface area contributed by atoms with E-state index in [1.54, 1.807) is 7.11 Å². The van der Waals surface area contributed by atoms with Crippen LogP contribution in [0.2, 0.25) is 0 Å². The van der Waals surface area contributed by atoms with Gasteiger partial charge in [0.05, 0.1) is 0 Å². The smallest absolute Gasteiger partial charge is 0.187 e. The lowest BCUT2D eigenvalue weighted by Crippen LogP contribution is -2.35. The molecule has 3 rings (SSSR count). The maximum atomic E-state index is 5.93. The van der Waals surface area contributed by atoms with Crippen molar-refractivity contribution in [3.63, 3.8) is 0 Å². The van der Waals surface area contributed by atoms with E-state index in [2.05, 4.69) is 31.9 Å². The molecule has 0 aromatic heterocycles. The van der Waals surface area contributed by atoms with E-state index in [0.29, 0.717) is 0 Å². The number of halogens is 2. The minimum absolute atomic E-state index is 0.0915. The standard InChI is InChI=1S/C10H14Br2O4/c1-8(2)14-5-6(15-8)9(4-10(9,11)12)16-7(5)13-3/h5-7H,4H2,1-3H3/t5?,6-,7-,9-/m1/s1. The Bertz CT molecular complexity index is 333. The van der Waals surface area contributed by atoms with Gasteiger partial charge in [0, 0.05) is 13.5 Å². The van der Waals surface area contributed by atoms with E-state index in [9.17, 15) is 0 Å². The number of hydrogen-bond acceptors (Lipinski definition) is 4. The minimum atomic E-state index is -0.568. The first-order chi connectivity index (χ1) is 7.31. The molecule has 6 heteroatoms. The molecule has 1 spiro atoms. The topological polar surface area (TPSA) is 36.9 Å². The number of methoxy groups -OCH3 is 1. The second kappa shape index (κ2) is 3.22. The zero-order valence-electron chi connectivity index (χ0n) is 9.33. The van der Waals surface area contributed by atoms with Crippen LogP contribution in [0.25, 0.3) is 0 Å². The lowest BCUT2D eigenvalue weighted by atomic mass is 10.1. The van der Waals surface area contributed by atoms with E-state index in [1.807, 2.05) is 13.8 Å². The highest BCUT2D eigenvalue weighted by Gasteiger charge is 2.80. The molecular formula is C10H14Br2O4. The van der Waals surface area contributed by atoms with Crippen LogP contribution >= 0.6 is 31.9 Å². The van der Waals surface area contributed by atoms with Crippen molar-refractivity contribution < 1.29 is 18.9 Å². The highest BCUT2D eigenvalue weighted by atomic mass is 79.9. The van der Waals surface area contributed by atoms with Crippen molar-refractivity contribution >= 4 is 31.9 Å². The van der Waals surface area contributed by atoms with E-state index >= 15 is 0 Å². The fraction of sp³-hybridized carbons (Fsp3) is 1.00. The summed E-state index contributed by atoms with van der Waals surface area (Å²) in [5.74, 6) is -0.568. The van der Waals surface area contributed by atoms with Crippen LogP contribution in [0, 0.1) is 0 Å². The quantitative estimate of drug-likeness (QED) is 0.674. The minimum Gasteiger partial charge on any atom is -0.353 e. The largest absolute Gasteiger partial charge is 0.353 e. The van der Waals surface area contributed by atoms with Gasteiger partial charge in [-0.3, -0.25) is 0 Å². The highest BCUT2D eigenvalue weighted by molar-refractivity contribution is 9.25. The number of hydrogen-bond donors (Lipinski definition) is 0. The third kappa shape index (κ3) is 1.40. The van der Waals surface area contributed by atoms with Gasteiger partial charge >= 0.3 is 0 Å². The van der Waals surface area contributed by atoms with Crippen molar-refractivity contribution in [1.29, 1.82) is 0 Å². The molecule has 0 aromatic rings. The molecule has 2 saturated heterocycles. The Hall–Kier alpha value is 0.800. The van der Waals surface area contributed by atoms with Gasteiger partial charge in [-0.25, -0.2) is 0 Å². The van der Waals surface area contributed by atoms with Crippen LogP contribution in [0.3, 0.4) is 0 Å². The summed E-state index contributed by atoms with van der Waals surface area (Å²) in [6.07, 6.45) is 0.243. The molecule has 1 saturated carbocycles. The summed E-state index contributed by atoms with van der Waals surface area (Å²) in [5.41, 5.74) is -0.369. The first kappa shape index (κ1) is 11.9. The van der Waals surface area contributed by atoms with Gasteiger partial charge in [-0.2, -0.15) is 0 Å². The van der Waals surface area contributed by atoms with Crippen LogP contribution in [0.5, 0.6) is 0 Å². The van der Waals surface area contributed by atoms with Crippen molar-refractivity contribution in [2.75, 3.05) is 7.11 Å². The van der Waals surface area contributed by atoms with Crippen molar-refractivity contribution in [1.82, 2.24) is 0 Å². The fourth-order valence-electron chi connectivity index (χ4n) is 2.59. The summed E-state index contributed by atoms with van der Waals surface area (Å²) in [6, 6.07) is 0. The summed E-state index contributed by atoms with van der Waals surface area (Å²) < 4.78 is 22.8. The number of fused-ring (bicyclic) bond motifs is 2. The maximum Gasteiger partial charge on any atom is 0.187 e. The summed E-state index contributed by atoms with van der Waals surface area (Å²) in [6.45, 7) is 3.83. The molecule has 4 nitrogen and oxygen atoms in total. The molecule has 92 valence electrons. The van der Waals surface area contributed by atoms with Crippen molar-refractivity contribution in [2.24, 2.45) is 0 Å². The molecule has 3 fully saturated rings.